The van der Waals surface area contributed by atoms with Gasteiger partial charge in [0.1, 0.15) is 11.9 Å². The summed E-state index contributed by atoms with van der Waals surface area (Å²) in [6.45, 7) is 6.45. The Balaban J connectivity index is 1.95. The van der Waals surface area contributed by atoms with Crippen LogP contribution in [0, 0.1) is 0 Å². The first kappa shape index (κ1) is 13.9. The number of hydrogen-bond acceptors (Lipinski definition) is 3. The maximum absolute atomic E-state index is 11.8. The molecular weight excluding hydrogens is 240 g/mol. The van der Waals surface area contributed by atoms with Crippen molar-refractivity contribution in [3.8, 4) is 5.75 Å². The molecule has 4 heteroatoms. The van der Waals surface area contributed by atoms with Crippen molar-refractivity contribution in [3.05, 3.63) is 29.8 Å². The highest BCUT2D eigenvalue weighted by Gasteiger charge is 2.17. The van der Waals surface area contributed by atoms with Crippen molar-refractivity contribution in [1.82, 2.24) is 10.6 Å². The van der Waals surface area contributed by atoms with Crippen LogP contribution in [-0.2, 0) is 4.79 Å². The summed E-state index contributed by atoms with van der Waals surface area (Å²) in [6, 6.07) is 7.84. The molecule has 1 fully saturated rings. The Morgan fingerprint density at radius 3 is 2.79 bits per heavy atom. The van der Waals surface area contributed by atoms with Gasteiger partial charge in [-0.05, 0) is 44.5 Å². The van der Waals surface area contributed by atoms with Gasteiger partial charge in [0.25, 0.3) is 0 Å². The number of carbonyl (C=O) groups is 1. The first-order valence-electron chi connectivity index (χ1n) is 6.95. The molecule has 1 aliphatic rings. The molecule has 1 saturated heterocycles. The van der Waals surface area contributed by atoms with Crippen LogP contribution in [0.25, 0.3) is 0 Å². The van der Waals surface area contributed by atoms with E-state index in [4.69, 9.17) is 4.74 Å². The molecular formula is C15H22N2O2. The Bertz CT molecular complexity index is 411. The van der Waals surface area contributed by atoms with Crippen molar-refractivity contribution in [3.63, 3.8) is 0 Å². The Hall–Kier alpha value is -1.55. The topological polar surface area (TPSA) is 50.4 Å². The van der Waals surface area contributed by atoms with Crippen molar-refractivity contribution in [2.75, 3.05) is 19.6 Å². The average Bonchev–Trinajstić information content (AvgIpc) is 2.92. The fraction of sp³-hybridized carbons (Fsp3) is 0.533. The second-order valence-corrected chi connectivity index (χ2v) is 4.92. The van der Waals surface area contributed by atoms with Gasteiger partial charge in [-0.3, -0.25) is 4.79 Å². The van der Waals surface area contributed by atoms with Crippen LogP contribution < -0.4 is 15.4 Å². The van der Waals surface area contributed by atoms with E-state index >= 15 is 0 Å². The summed E-state index contributed by atoms with van der Waals surface area (Å²) in [4.78, 5) is 11.8. The SMILES string of the molecule is CCNC(=O)[C@H](C)c1ccc(OC2CCNC2)cc1. The predicted octanol–water partition coefficient (Wildman–Crippen LogP) is 1.67. The molecule has 1 aliphatic heterocycles. The van der Waals surface area contributed by atoms with Crippen LogP contribution in [0.4, 0.5) is 0 Å². The van der Waals surface area contributed by atoms with Gasteiger partial charge in [-0.15, -0.1) is 0 Å². The lowest BCUT2D eigenvalue weighted by atomic mass is 10.0. The van der Waals surface area contributed by atoms with Gasteiger partial charge < -0.3 is 15.4 Å². The number of amides is 1. The van der Waals surface area contributed by atoms with Gasteiger partial charge in [0.05, 0.1) is 5.92 Å². The van der Waals surface area contributed by atoms with Gasteiger partial charge in [0.2, 0.25) is 5.91 Å². The number of benzene rings is 1. The normalized spacial score (nSPS) is 20.0. The first-order chi connectivity index (χ1) is 9.20. The number of carbonyl (C=O) groups excluding carboxylic acids is 1. The zero-order valence-electron chi connectivity index (χ0n) is 11.6. The Morgan fingerprint density at radius 2 is 2.21 bits per heavy atom. The van der Waals surface area contributed by atoms with Gasteiger partial charge in [0, 0.05) is 13.1 Å². The molecule has 19 heavy (non-hydrogen) atoms. The molecule has 0 radical (unpaired) electrons. The van der Waals surface area contributed by atoms with E-state index in [0.29, 0.717) is 6.54 Å². The second kappa shape index (κ2) is 6.57. The van der Waals surface area contributed by atoms with E-state index in [-0.39, 0.29) is 17.9 Å². The number of rotatable bonds is 5. The molecule has 2 N–H and O–H groups in total. The molecule has 0 bridgehead atoms. The predicted molar refractivity (Wildman–Crippen MR) is 75.4 cm³/mol. The summed E-state index contributed by atoms with van der Waals surface area (Å²) in [5, 5.41) is 6.11. The third-order valence-corrected chi connectivity index (χ3v) is 3.44. The van der Waals surface area contributed by atoms with Crippen molar-refractivity contribution < 1.29 is 9.53 Å². The zero-order valence-corrected chi connectivity index (χ0v) is 11.6. The van der Waals surface area contributed by atoms with E-state index in [2.05, 4.69) is 10.6 Å². The summed E-state index contributed by atoms with van der Waals surface area (Å²) < 4.78 is 5.85. The average molecular weight is 262 g/mol. The molecule has 1 amide bonds. The molecule has 0 aliphatic carbocycles. The van der Waals surface area contributed by atoms with Crippen LogP contribution in [0.1, 0.15) is 31.7 Å². The molecule has 1 aromatic rings. The van der Waals surface area contributed by atoms with Crippen LogP contribution in [0.3, 0.4) is 0 Å². The van der Waals surface area contributed by atoms with Crippen molar-refractivity contribution in [2.45, 2.75) is 32.3 Å². The van der Waals surface area contributed by atoms with Crippen LogP contribution >= 0.6 is 0 Å². The van der Waals surface area contributed by atoms with Crippen molar-refractivity contribution >= 4 is 5.91 Å². The molecule has 1 unspecified atom stereocenters. The maximum Gasteiger partial charge on any atom is 0.227 e. The molecule has 0 aromatic heterocycles. The van der Waals surface area contributed by atoms with Gasteiger partial charge in [-0.25, -0.2) is 0 Å². The van der Waals surface area contributed by atoms with Gasteiger partial charge in [-0.1, -0.05) is 12.1 Å². The first-order valence-corrected chi connectivity index (χ1v) is 6.95. The molecule has 2 rings (SSSR count). The third-order valence-electron chi connectivity index (χ3n) is 3.44. The summed E-state index contributed by atoms with van der Waals surface area (Å²) in [7, 11) is 0. The van der Waals surface area contributed by atoms with Gasteiger partial charge in [0.15, 0.2) is 0 Å². The monoisotopic (exact) mass is 262 g/mol. The molecule has 4 nitrogen and oxygen atoms in total. The Kier molecular flexibility index (Phi) is 4.80. The molecule has 1 aromatic carbocycles. The lowest BCUT2D eigenvalue weighted by Crippen LogP contribution is -2.27. The minimum atomic E-state index is -0.123. The van der Waals surface area contributed by atoms with Crippen molar-refractivity contribution in [1.29, 1.82) is 0 Å². The summed E-state index contributed by atoms with van der Waals surface area (Å²) in [5.41, 5.74) is 1.02. The lowest BCUT2D eigenvalue weighted by molar-refractivity contribution is -0.122. The van der Waals surface area contributed by atoms with Crippen LogP contribution in [0.2, 0.25) is 0 Å². The highest BCUT2D eigenvalue weighted by atomic mass is 16.5. The van der Waals surface area contributed by atoms with Gasteiger partial charge >= 0.3 is 0 Å². The number of hydrogen-bond donors (Lipinski definition) is 2. The van der Waals surface area contributed by atoms with Crippen LogP contribution in [0.5, 0.6) is 5.75 Å². The lowest BCUT2D eigenvalue weighted by Gasteiger charge is -2.15. The minimum absolute atomic E-state index is 0.0659. The van der Waals surface area contributed by atoms with E-state index in [1.54, 1.807) is 0 Å². The largest absolute Gasteiger partial charge is 0.489 e. The zero-order chi connectivity index (χ0) is 13.7. The second-order valence-electron chi connectivity index (χ2n) is 4.92. The van der Waals surface area contributed by atoms with Gasteiger partial charge in [-0.2, -0.15) is 0 Å². The van der Waals surface area contributed by atoms with E-state index in [1.165, 1.54) is 0 Å². The van der Waals surface area contributed by atoms with Crippen LogP contribution in [0.15, 0.2) is 24.3 Å². The fourth-order valence-electron chi connectivity index (χ4n) is 2.23. The Labute approximate surface area is 114 Å². The van der Waals surface area contributed by atoms with Crippen LogP contribution in [-0.4, -0.2) is 31.6 Å². The van der Waals surface area contributed by atoms with E-state index in [1.807, 2.05) is 38.1 Å². The third kappa shape index (κ3) is 3.70. The smallest absolute Gasteiger partial charge is 0.227 e. The fourth-order valence-corrected chi connectivity index (χ4v) is 2.23. The van der Waals surface area contributed by atoms with E-state index in [0.717, 1.165) is 30.8 Å². The molecule has 2 atom stereocenters. The molecule has 1 heterocycles. The number of likely N-dealkylation sites (N-methyl/N-ethyl adjacent to an activating group) is 1. The molecule has 0 saturated carbocycles. The Morgan fingerprint density at radius 1 is 1.47 bits per heavy atom. The highest BCUT2D eigenvalue weighted by molar-refractivity contribution is 5.83. The summed E-state index contributed by atoms with van der Waals surface area (Å²) in [5.74, 6) is 0.818. The highest BCUT2D eigenvalue weighted by Crippen LogP contribution is 2.21. The quantitative estimate of drug-likeness (QED) is 0.848. The number of nitrogens with one attached hydrogen (secondary N) is 2. The maximum atomic E-state index is 11.8. The summed E-state index contributed by atoms with van der Waals surface area (Å²) in [6.07, 6.45) is 1.32. The molecule has 104 valence electrons. The van der Waals surface area contributed by atoms with E-state index < -0.39 is 0 Å². The van der Waals surface area contributed by atoms with E-state index in [9.17, 15) is 4.79 Å². The standard InChI is InChI=1S/C15H22N2O2/c1-3-17-15(18)11(2)12-4-6-13(7-5-12)19-14-8-9-16-10-14/h4-7,11,14,16H,3,8-10H2,1-2H3,(H,17,18)/t11-,14?/m1/s1. The van der Waals surface area contributed by atoms with Crippen molar-refractivity contribution in [2.24, 2.45) is 0 Å². The number of ether oxygens (including phenoxy) is 1. The molecule has 0 spiro atoms. The minimum Gasteiger partial charge on any atom is -0.489 e. The summed E-state index contributed by atoms with van der Waals surface area (Å²) >= 11 is 0.